The van der Waals surface area contributed by atoms with Gasteiger partial charge in [-0.2, -0.15) is 0 Å². The summed E-state index contributed by atoms with van der Waals surface area (Å²) in [5.41, 5.74) is 0. The van der Waals surface area contributed by atoms with E-state index >= 15 is 0 Å². The maximum atomic E-state index is 11.8. The third kappa shape index (κ3) is 4.91. The molecule has 0 aromatic rings. The number of piperidine rings is 1. The minimum absolute atomic E-state index is 0.0955. The Morgan fingerprint density at radius 1 is 1.39 bits per heavy atom. The number of nitrogens with one attached hydrogen (secondary N) is 1. The molecule has 1 fully saturated rings. The molecule has 0 radical (unpaired) electrons. The Bertz CT molecular complexity index is 288. The summed E-state index contributed by atoms with van der Waals surface area (Å²) >= 11 is 0. The molecule has 104 valence electrons. The number of nitrogens with zero attached hydrogens (tertiary/aromatic N) is 2. The molecule has 1 aliphatic heterocycles. The highest BCUT2D eigenvalue weighted by atomic mass is 16.4. The molecule has 1 heterocycles. The molecule has 1 rings (SSSR count). The molecule has 0 aliphatic carbocycles. The van der Waals surface area contributed by atoms with Crippen LogP contribution < -0.4 is 5.32 Å². The van der Waals surface area contributed by atoms with Gasteiger partial charge >= 0.3 is 12.0 Å². The molecule has 0 atom stereocenters. The van der Waals surface area contributed by atoms with Crippen LogP contribution in [-0.4, -0.2) is 66.7 Å². The number of carbonyl (C=O) groups is 2. The molecule has 0 spiro atoms. The van der Waals surface area contributed by atoms with Crippen molar-refractivity contribution in [1.29, 1.82) is 0 Å². The molecule has 1 aliphatic rings. The predicted molar refractivity (Wildman–Crippen MR) is 68.6 cm³/mol. The van der Waals surface area contributed by atoms with Gasteiger partial charge in [-0.15, -0.1) is 0 Å². The Morgan fingerprint density at radius 2 is 2.00 bits per heavy atom. The van der Waals surface area contributed by atoms with Crippen LogP contribution >= 0.6 is 0 Å². The van der Waals surface area contributed by atoms with Gasteiger partial charge in [0.25, 0.3) is 0 Å². The molecule has 6 nitrogen and oxygen atoms in total. The average molecular weight is 257 g/mol. The lowest BCUT2D eigenvalue weighted by Crippen LogP contribution is -2.48. The van der Waals surface area contributed by atoms with Gasteiger partial charge in [0, 0.05) is 26.1 Å². The highest BCUT2D eigenvalue weighted by Crippen LogP contribution is 2.13. The van der Waals surface area contributed by atoms with Crippen LogP contribution in [0.2, 0.25) is 0 Å². The van der Waals surface area contributed by atoms with Gasteiger partial charge < -0.3 is 20.2 Å². The first-order chi connectivity index (χ1) is 8.50. The molecule has 0 aromatic heterocycles. The molecule has 2 amide bonds. The highest BCUT2D eigenvalue weighted by Gasteiger charge is 2.23. The number of rotatable bonds is 5. The Morgan fingerprint density at radius 3 is 2.56 bits per heavy atom. The minimum Gasteiger partial charge on any atom is -0.481 e. The zero-order chi connectivity index (χ0) is 13.5. The van der Waals surface area contributed by atoms with E-state index in [1.807, 2.05) is 7.05 Å². The number of carboxylic acid groups (broad SMARTS) is 1. The third-order valence-electron chi connectivity index (χ3n) is 3.40. The zero-order valence-electron chi connectivity index (χ0n) is 11.2. The van der Waals surface area contributed by atoms with E-state index in [0.29, 0.717) is 19.0 Å². The van der Waals surface area contributed by atoms with E-state index in [1.165, 1.54) is 0 Å². The summed E-state index contributed by atoms with van der Waals surface area (Å²) in [6.07, 6.45) is 2.56. The van der Waals surface area contributed by atoms with Gasteiger partial charge in [0.1, 0.15) is 0 Å². The first-order valence-electron chi connectivity index (χ1n) is 6.41. The van der Waals surface area contributed by atoms with Crippen LogP contribution in [0.1, 0.15) is 25.7 Å². The number of hydrogen-bond acceptors (Lipinski definition) is 3. The summed E-state index contributed by atoms with van der Waals surface area (Å²) in [6.45, 7) is 2.45. The van der Waals surface area contributed by atoms with E-state index in [2.05, 4.69) is 17.3 Å². The van der Waals surface area contributed by atoms with Gasteiger partial charge in [0.2, 0.25) is 0 Å². The summed E-state index contributed by atoms with van der Waals surface area (Å²) in [5.74, 6) is -0.826. The number of likely N-dealkylation sites (tertiary alicyclic amines) is 1. The normalized spacial score (nSPS) is 17.4. The van der Waals surface area contributed by atoms with Crippen LogP contribution in [0.5, 0.6) is 0 Å². The van der Waals surface area contributed by atoms with E-state index in [9.17, 15) is 9.59 Å². The first kappa shape index (κ1) is 14.8. The van der Waals surface area contributed by atoms with Crippen molar-refractivity contribution < 1.29 is 14.7 Å². The minimum atomic E-state index is -0.826. The lowest BCUT2D eigenvalue weighted by atomic mass is 10.0. The van der Waals surface area contributed by atoms with Crippen molar-refractivity contribution >= 4 is 12.0 Å². The van der Waals surface area contributed by atoms with Gasteiger partial charge in [0.05, 0.1) is 0 Å². The van der Waals surface area contributed by atoms with E-state index in [-0.39, 0.29) is 12.5 Å². The summed E-state index contributed by atoms with van der Waals surface area (Å²) in [7, 11) is 3.89. The maximum Gasteiger partial charge on any atom is 0.317 e. The van der Waals surface area contributed by atoms with Gasteiger partial charge in [-0.1, -0.05) is 0 Å². The summed E-state index contributed by atoms with van der Waals surface area (Å²) in [5, 5.41) is 11.2. The van der Waals surface area contributed by atoms with Crippen LogP contribution in [0.15, 0.2) is 0 Å². The van der Waals surface area contributed by atoms with Crippen LogP contribution in [0.3, 0.4) is 0 Å². The molecule has 6 heteroatoms. The van der Waals surface area contributed by atoms with E-state index in [4.69, 9.17) is 5.11 Å². The van der Waals surface area contributed by atoms with Crippen molar-refractivity contribution in [3.63, 3.8) is 0 Å². The fourth-order valence-corrected chi connectivity index (χ4v) is 2.11. The van der Waals surface area contributed by atoms with Crippen LogP contribution in [-0.2, 0) is 4.79 Å². The zero-order valence-corrected chi connectivity index (χ0v) is 11.2. The lowest BCUT2D eigenvalue weighted by molar-refractivity contribution is -0.137. The van der Waals surface area contributed by atoms with Gasteiger partial charge in [-0.25, -0.2) is 4.79 Å². The van der Waals surface area contributed by atoms with Crippen molar-refractivity contribution in [2.24, 2.45) is 0 Å². The van der Waals surface area contributed by atoms with Crippen molar-refractivity contribution in [2.45, 2.75) is 31.7 Å². The predicted octanol–water partition coefficient (Wildman–Crippen LogP) is 0.587. The molecule has 0 bridgehead atoms. The molecule has 18 heavy (non-hydrogen) atoms. The third-order valence-corrected chi connectivity index (χ3v) is 3.40. The topological polar surface area (TPSA) is 72.9 Å². The van der Waals surface area contributed by atoms with Crippen LogP contribution in [0, 0.1) is 0 Å². The quantitative estimate of drug-likeness (QED) is 0.707. The largest absolute Gasteiger partial charge is 0.481 e. The Balaban J connectivity index is 2.22. The Kier molecular flexibility index (Phi) is 5.91. The number of hydrogen-bond donors (Lipinski definition) is 2. The summed E-state index contributed by atoms with van der Waals surface area (Å²) in [6, 6.07) is 0.190. The van der Waals surface area contributed by atoms with Crippen molar-refractivity contribution in [3.05, 3.63) is 0 Å². The van der Waals surface area contributed by atoms with Crippen molar-refractivity contribution in [3.8, 4) is 0 Å². The smallest absolute Gasteiger partial charge is 0.317 e. The van der Waals surface area contributed by atoms with E-state index in [0.717, 1.165) is 25.9 Å². The fraction of sp³-hybridized carbons (Fsp3) is 0.833. The van der Waals surface area contributed by atoms with Crippen molar-refractivity contribution in [2.75, 3.05) is 33.7 Å². The monoisotopic (exact) mass is 257 g/mol. The average Bonchev–Trinajstić information content (AvgIpc) is 2.34. The number of carbonyl (C=O) groups excluding carboxylic acids is 1. The van der Waals surface area contributed by atoms with Gasteiger partial charge in [0.15, 0.2) is 0 Å². The number of urea groups is 1. The lowest BCUT2D eigenvalue weighted by Gasteiger charge is -2.35. The number of amides is 2. The van der Waals surface area contributed by atoms with Crippen molar-refractivity contribution in [1.82, 2.24) is 15.1 Å². The Hall–Kier alpha value is -1.30. The SMILES string of the molecule is CN1CCC(N(C)C(=O)NCCCC(=O)O)CC1. The second-order valence-corrected chi connectivity index (χ2v) is 4.87. The number of aliphatic carboxylic acids is 1. The molecule has 0 aromatic carbocycles. The Labute approximate surface area is 108 Å². The second kappa shape index (κ2) is 7.20. The van der Waals surface area contributed by atoms with Gasteiger partial charge in [-0.3, -0.25) is 4.79 Å². The number of carboxylic acids is 1. The molecule has 0 unspecified atom stereocenters. The fourth-order valence-electron chi connectivity index (χ4n) is 2.11. The molecular formula is C12H23N3O3. The summed E-state index contributed by atoms with van der Waals surface area (Å²) in [4.78, 5) is 26.2. The molecule has 1 saturated heterocycles. The standard InChI is InChI=1S/C12H23N3O3/c1-14-8-5-10(6-9-14)15(2)12(18)13-7-3-4-11(16)17/h10H,3-9H2,1-2H3,(H,13,18)(H,16,17). The van der Waals surface area contributed by atoms with Crippen LogP contribution in [0.25, 0.3) is 0 Å². The molecule has 0 saturated carbocycles. The first-order valence-corrected chi connectivity index (χ1v) is 6.41. The van der Waals surface area contributed by atoms with Gasteiger partial charge in [-0.05, 0) is 39.4 Å². The molecule has 2 N–H and O–H groups in total. The molecular weight excluding hydrogens is 234 g/mol. The highest BCUT2D eigenvalue weighted by molar-refractivity contribution is 5.74. The second-order valence-electron chi connectivity index (χ2n) is 4.87. The van der Waals surface area contributed by atoms with E-state index < -0.39 is 5.97 Å². The van der Waals surface area contributed by atoms with Crippen LogP contribution in [0.4, 0.5) is 4.79 Å². The maximum absolute atomic E-state index is 11.8. The van der Waals surface area contributed by atoms with E-state index in [1.54, 1.807) is 4.90 Å². The summed E-state index contributed by atoms with van der Waals surface area (Å²) < 4.78 is 0.